The molecule has 4 aliphatic rings. The van der Waals surface area contributed by atoms with Crippen molar-refractivity contribution in [2.24, 2.45) is 21.5 Å². The first-order valence-electron chi connectivity index (χ1n) is 28.2. The van der Waals surface area contributed by atoms with E-state index in [2.05, 4.69) is 46.9 Å². The first-order chi connectivity index (χ1) is 38.9. The molecule has 0 spiro atoms. The van der Waals surface area contributed by atoms with Crippen molar-refractivity contribution in [3.63, 3.8) is 0 Å². The number of guanidine groups is 1. The van der Waals surface area contributed by atoms with Gasteiger partial charge in [0.1, 0.15) is 48.1 Å². The van der Waals surface area contributed by atoms with Crippen LogP contribution in [0.4, 0.5) is 0 Å². The lowest BCUT2D eigenvalue weighted by molar-refractivity contribution is -0.147. The Morgan fingerprint density at radius 2 is 1.28 bits per heavy atom. The molecule has 3 saturated heterocycles. The number of rotatable bonds is 14. The van der Waals surface area contributed by atoms with Crippen LogP contribution in [-0.2, 0) is 60.8 Å². The van der Waals surface area contributed by atoms with Crippen LogP contribution in [-0.4, -0.2) is 154 Å². The molecule has 3 aromatic rings. The number of nitrogens with two attached hydrogens (primary N) is 2. The number of allylic oxidation sites excluding steroid dienone is 1. The molecule has 0 bridgehead atoms. The van der Waals surface area contributed by atoms with E-state index in [9.17, 15) is 43.2 Å². The Kier molecular flexibility index (Phi) is 21.8. The van der Waals surface area contributed by atoms with Crippen molar-refractivity contribution in [1.82, 2.24) is 46.7 Å². The number of ketones is 2. The fourth-order valence-corrected chi connectivity index (χ4v) is 11.1. The molecule has 4 aliphatic heterocycles. The quantitative estimate of drug-likeness (QED) is 0.0631. The Labute approximate surface area is 471 Å². The minimum Gasteiger partial charge on any atom is -0.370 e. The number of nitrogens with zero attached hydrogens (tertiary/aromatic N) is 4. The van der Waals surface area contributed by atoms with Gasteiger partial charge in [-0.25, -0.2) is 0 Å². The highest BCUT2D eigenvalue weighted by Gasteiger charge is 2.43. The predicted octanol–water partition coefficient (Wildman–Crippen LogP) is 1.57. The van der Waals surface area contributed by atoms with Gasteiger partial charge in [-0.05, 0) is 81.9 Å². The molecule has 3 fully saturated rings. The van der Waals surface area contributed by atoms with Crippen LogP contribution in [0.25, 0.3) is 10.9 Å². The second-order valence-corrected chi connectivity index (χ2v) is 21.4. The molecule has 0 saturated carbocycles. The molecular weight excluding hydrogens is 1040 g/mol. The van der Waals surface area contributed by atoms with E-state index in [1.54, 1.807) is 53.7 Å². The first kappa shape index (κ1) is 60.4. The topological polar surface area (TPSA) is 342 Å². The van der Waals surface area contributed by atoms with Crippen molar-refractivity contribution in [3.05, 3.63) is 83.7 Å². The molecule has 8 atom stereocenters. The van der Waals surface area contributed by atoms with Crippen molar-refractivity contribution < 1.29 is 47.9 Å². The number of hydrogen-bond acceptors (Lipinski definition) is 12. The maximum Gasteiger partial charge on any atom is 0.245 e. The number of aromatic amines is 1. The highest BCUT2D eigenvalue weighted by Crippen LogP contribution is 2.27. The van der Waals surface area contributed by atoms with Crippen molar-refractivity contribution in [2.45, 2.75) is 171 Å². The molecule has 5 heterocycles. The monoisotopic (exact) mass is 1120 g/mol. The van der Waals surface area contributed by atoms with Crippen molar-refractivity contribution >= 4 is 81.9 Å². The van der Waals surface area contributed by atoms with Gasteiger partial charge in [-0.15, -0.1) is 0 Å². The maximum absolute atomic E-state index is 15.1. The largest absolute Gasteiger partial charge is 0.370 e. The molecule has 7 rings (SSSR count). The smallest absolute Gasteiger partial charge is 0.245 e. The Balaban J connectivity index is 1.25. The standard InChI is InChI=1S/C58H77N13O10/c1-35(72)49-23-13-29-70(49)57(81)50-24-14-30-71(50)56(80)45-21-8-4-7-18-40(74)25-26-44(64-36(2)73)52(76)69-48(33-39-17-11-27-61-39)55(79)67-46(31-37-15-5-3-6-16-37)53(77)65-43(22-12-28-62-58(59)60)51(75)68-47(54(78)66-45)32-38-34-63-42-20-10-9-19-41(38)42/h3,5-6,9-10,15-17,19-20,27,34,43-50,63H,4,7-8,11-14,18,21-26,28-33H2,1-2H3,(H,64,73)(H,65,77)(H,66,78)(H,67,79)(H,68,75)(H,69,76)(H4,59,60,62)/t43-,44-,45-,46+,47-,48-,49-,50-/m0/s1. The Morgan fingerprint density at radius 1 is 0.654 bits per heavy atom. The lowest BCUT2D eigenvalue weighted by Gasteiger charge is -2.33. The molecule has 81 heavy (non-hydrogen) atoms. The molecule has 1 aromatic heterocycles. The summed E-state index contributed by atoms with van der Waals surface area (Å²) >= 11 is 0. The van der Waals surface area contributed by atoms with E-state index >= 15 is 4.79 Å². The zero-order valence-corrected chi connectivity index (χ0v) is 46.2. The molecule has 11 N–H and O–H groups in total. The number of para-hydroxylation sites is 1. The highest BCUT2D eigenvalue weighted by molar-refractivity contribution is 5.99. The third-order valence-corrected chi connectivity index (χ3v) is 15.3. The number of H-pyrrole nitrogens is 1. The maximum atomic E-state index is 15.1. The van der Waals surface area contributed by atoms with Gasteiger partial charge in [0.2, 0.25) is 47.3 Å². The molecule has 0 unspecified atom stereocenters. The third-order valence-electron chi connectivity index (χ3n) is 15.3. The molecule has 2 aromatic carbocycles. The zero-order valence-electron chi connectivity index (χ0n) is 46.2. The van der Waals surface area contributed by atoms with Gasteiger partial charge >= 0.3 is 0 Å². The number of aliphatic imine (C=N–C) groups is 2. The summed E-state index contributed by atoms with van der Waals surface area (Å²) in [5.41, 5.74) is 13.9. The van der Waals surface area contributed by atoms with E-state index < -0.39 is 89.7 Å². The number of likely N-dealkylation sites (tertiary alicyclic amines) is 2. The van der Waals surface area contributed by atoms with Crippen molar-refractivity contribution in [2.75, 3.05) is 19.6 Å². The summed E-state index contributed by atoms with van der Waals surface area (Å²) < 4.78 is 0. The summed E-state index contributed by atoms with van der Waals surface area (Å²) in [5.74, 6) is -5.72. The molecule has 23 nitrogen and oxygen atoms in total. The minimum atomic E-state index is -1.36. The second kappa shape index (κ2) is 29.3. The average molecular weight is 1120 g/mol. The highest BCUT2D eigenvalue weighted by atomic mass is 16.2. The number of carbonyl (C=O) groups is 10. The van der Waals surface area contributed by atoms with Gasteiger partial charge in [0.05, 0.1) is 6.04 Å². The number of amides is 8. The van der Waals surface area contributed by atoms with E-state index in [0.717, 1.165) is 10.9 Å². The van der Waals surface area contributed by atoms with Crippen LogP contribution in [0, 0.1) is 0 Å². The molecule has 8 amide bonds. The van der Waals surface area contributed by atoms with Crippen molar-refractivity contribution in [3.8, 4) is 0 Å². The van der Waals surface area contributed by atoms with Gasteiger partial charge in [-0.3, -0.25) is 57.9 Å². The van der Waals surface area contributed by atoms with Crippen molar-refractivity contribution in [1.29, 1.82) is 0 Å². The number of fused-ring (bicyclic) bond motifs is 1. The first-order valence-corrected chi connectivity index (χ1v) is 28.2. The number of nitrogens with one attached hydrogen (secondary N) is 7. The Bertz CT molecular complexity index is 2880. The van der Waals surface area contributed by atoms with E-state index in [1.807, 2.05) is 24.3 Å². The Hall–Kier alpha value is -8.24. The van der Waals surface area contributed by atoms with Gasteiger partial charge in [0, 0.05) is 94.1 Å². The number of aromatic nitrogens is 1. The van der Waals surface area contributed by atoms with Gasteiger partial charge in [0.15, 0.2) is 11.7 Å². The van der Waals surface area contributed by atoms with Gasteiger partial charge in [0.25, 0.3) is 0 Å². The molecule has 0 radical (unpaired) electrons. The van der Waals surface area contributed by atoms with Crippen LogP contribution in [0.1, 0.15) is 121 Å². The van der Waals surface area contributed by atoms with Crippen LogP contribution in [0.2, 0.25) is 0 Å². The Morgan fingerprint density at radius 3 is 1.98 bits per heavy atom. The summed E-state index contributed by atoms with van der Waals surface area (Å²) in [6, 6.07) is 6.94. The second-order valence-electron chi connectivity index (χ2n) is 21.4. The summed E-state index contributed by atoms with van der Waals surface area (Å²) in [6.07, 6.45) is 8.77. The van der Waals surface area contributed by atoms with Crippen LogP contribution in [0.3, 0.4) is 0 Å². The van der Waals surface area contributed by atoms with E-state index in [4.69, 9.17) is 11.5 Å². The molecule has 23 heteroatoms. The number of benzene rings is 2. The SMILES string of the molecule is CC(=O)N[C@H]1CCC(=O)CCCCC[C@@H](C(=O)N2CCC[C@H]2C(=O)N2CCC[C@H]2C(C)=O)NC(=O)[C@H](Cc2c[nH]c3ccccc23)NC(=O)[C@H](CCCN=C(N)N)NC(=O)[C@@H](Cc2ccccc2)NC(=O)[C@H](CC2=CCC=N2)NC1=O. The normalized spacial score (nSPS) is 24.9. The van der Waals surface area contributed by atoms with Gasteiger partial charge < -0.3 is 58.2 Å². The van der Waals surface area contributed by atoms with Crippen LogP contribution in [0.5, 0.6) is 0 Å². The molecule has 0 aliphatic carbocycles. The third kappa shape index (κ3) is 17.1. The average Bonchev–Trinajstić information content (AvgIpc) is 4.31. The number of hydrogen-bond donors (Lipinski definition) is 9. The zero-order chi connectivity index (χ0) is 58.0. The van der Waals surface area contributed by atoms with Gasteiger partial charge in [-0.1, -0.05) is 67.4 Å². The summed E-state index contributed by atoms with van der Waals surface area (Å²) in [7, 11) is 0. The predicted molar refractivity (Wildman–Crippen MR) is 303 cm³/mol. The lowest BCUT2D eigenvalue weighted by Crippen LogP contribution is -2.60. The summed E-state index contributed by atoms with van der Waals surface area (Å²) in [6.45, 7) is 3.35. The fraction of sp³-hybridized carbons (Fsp3) is 0.517. The minimum absolute atomic E-state index is 0.0490. The summed E-state index contributed by atoms with van der Waals surface area (Å²) in [4.78, 5) is 156. The fourth-order valence-electron chi connectivity index (χ4n) is 11.1. The van der Waals surface area contributed by atoms with Crippen LogP contribution >= 0.6 is 0 Å². The molecule has 434 valence electrons. The van der Waals surface area contributed by atoms with Crippen LogP contribution < -0.4 is 43.4 Å². The van der Waals surface area contributed by atoms with E-state index in [-0.39, 0.29) is 94.3 Å². The van der Waals surface area contributed by atoms with E-state index in [0.29, 0.717) is 74.7 Å². The number of Topliss-reactive ketones (excluding diaryl/α,β-unsaturated/α-hetero) is 2. The van der Waals surface area contributed by atoms with E-state index in [1.165, 1.54) is 18.7 Å². The molecular formula is C58H77N13O10. The van der Waals surface area contributed by atoms with Crippen LogP contribution in [0.15, 0.2) is 82.6 Å². The summed E-state index contributed by atoms with van der Waals surface area (Å²) in [5, 5.41) is 17.6. The van der Waals surface area contributed by atoms with Gasteiger partial charge in [-0.2, -0.15) is 0 Å². The number of carbonyl (C=O) groups excluding carboxylic acids is 10. The lowest BCUT2D eigenvalue weighted by atomic mass is 9.99.